The van der Waals surface area contributed by atoms with Crippen LogP contribution in [0.3, 0.4) is 0 Å². The Bertz CT molecular complexity index is 1080. The third kappa shape index (κ3) is 2.77. The summed E-state index contributed by atoms with van der Waals surface area (Å²) in [7, 11) is 1.64. The van der Waals surface area contributed by atoms with E-state index < -0.39 is 0 Å². The number of fused-ring (bicyclic) bond motifs is 2. The summed E-state index contributed by atoms with van der Waals surface area (Å²) in [4.78, 5) is 12.5. The average molecular weight is 349 g/mol. The zero-order chi connectivity index (χ0) is 18.1. The van der Waals surface area contributed by atoms with Gasteiger partial charge in [-0.05, 0) is 37.3 Å². The van der Waals surface area contributed by atoms with Crippen LogP contribution < -0.4 is 10.1 Å². The van der Waals surface area contributed by atoms with Crippen molar-refractivity contribution in [3.8, 4) is 5.75 Å². The fourth-order valence-corrected chi connectivity index (χ4v) is 3.17. The average Bonchev–Trinajstić information content (AvgIpc) is 3.26. The Morgan fingerprint density at radius 1 is 1.15 bits per heavy atom. The van der Waals surface area contributed by atoms with Gasteiger partial charge in [0.15, 0.2) is 11.5 Å². The van der Waals surface area contributed by atoms with Gasteiger partial charge < -0.3 is 14.6 Å². The molecule has 1 aromatic carbocycles. The molecule has 7 nitrogen and oxygen atoms in total. The number of nitrogens with zero attached hydrogens (tertiary/aromatic N) is 4. The lowest BCUT2D eigenvalue weighted by atomic mass is 10.2. The van der Waals surface area contributed by atoms with Gasteiger partial charge in [-0.15, -0.1) is 10.2 Å². The number of carbonyl (C=O) groups excluding carboxylic acids is 1. The van der Waals surface area contributed by atoms with Gasteiger partial charge >= 0.3 is 0 Å². The second kappa shape index (κ2) is 6.51. The summed E-state index contributed by atoms with van der Waals surface area (Å²) < 4.78 is 9.15. The Kier molecular flexibility index (Phi) is 4.04. The summed E-state index contributed by atoms with van der Waals surface area (Å²) in [5, 5.41) is 12.3. The largest absolute Gasteiger partial charge is 0.496 e. The van der Waals surface area contributed by atoms with Gasteiger partial charge in [0.25, 0.3) is 0 Å². The van der Waals surface area contributed by atoms with Crippen molar-refractivity contribution < 1.29 is 9.53 Å². The molecule has 0 unspecified atom stereocenters. The van der Waals surface area contributed by atoms with Crippen molar-refractivity contribution in [3.05, 3.63) is 60.7 Å². The number of rotatable bonds is 5. The van der Waals surface area contributed by atoms with Crippen LogP contribution in [0.2, 0.25) is 0 Å². The van der Waals surface area contributed by atoms with Gasteiger partial charge in [0.05, 0.1) is 18.7 Å². The highest BCUT2D eigenvalue weighted by molar-refractivity contribution is 5.88. The number of hydrogen-bond acceptors (Lipinski definition) is 4. The molecule has 7 heteroatoms. The smallest absolute Gasteiger partial charge is 0.240 e. The summed E-state index contributed by atoms with van der Waals surface area (Å²) >= 11 is 0. The second-order valence-corrected chi connectivity index (χ2v) is 6.11. The van der Waals surface area contributed by atoms with Crippen molar-refractivity contribution in [3.63, 3.8) is 0 Å². The van der Waals surface area contributed by atoms with Crippen LogP contribution in [0.25, 0.3) is 16.6 Å². The second-order valence-electron chi connectivity index (χ2n) is 6.11. The van der Waals surface area contributed by atoms with Crippen LogP contribution in [0.1, 0.15) is 18.8 Å². The first kappa shape index (κ1) is 16.1. The SMILES string of the molecule is COc1cccc2c1ccn2CC(=O)N[C@@H](C)c1nnc2ccccn12. The van der Waals surface area contributed by atoms with Crippen LogP contribution in [0.15, 0.2) is 54.9 Å². The van der Waals surface area contributed by atoms with E-state index in [-0.39, 0.29) is 18.5 Å². The van der Waals surface area contributed by atoms with E-state index in [0.29, 0.717) is 5.82 Å². The molecule has 0 aliphatic carbocycles. The predicted octanol–water partition coefficient (Wildman–Crippen LogP) is 2.57. The molecular weight excluding hydrogens is 330 g/mol. The molecule has 0 aliphatic rings. The Balaban J connectivity index is 1.52. The molecule has 1 amide bonds. The molecule has 0 radical (unpaired) electrons. The minimum atomic E-state index is -0.253. The Morgan fingerprint density at radius 3 is 2.88 bits per heavy atom. The first-order valence-electron chi connectivity index (χ1n) is 8.38. The maximum absolute atomic E-state index is 12.5. The fourth-order valence-electron chi connectivity index (χ4n) is 3.17. The van der Waals surface area contributed by atoms with Gasteiger partial charge in [0, 0.05) is 17.8 Å². The molecule has 0 saturated heterocycles. The van der Waals surface area contributed by atoms with E-state index in [2.05, 4.69) is 15.5 Å². The molecule has 0 fully saturated rings. The lowest BCUT2D eigenvalue weighted by molar-refractivity contribution is -0.122. The van der Waals surface area contributed by atoms with Gasteiger partial charge in [-0.1, -0.05) is 12.1 Å². The van der Waals surface area contributed by atoms with E-state index in [0.717, 1.165) is 22.3 Å². The Morgan fingerprint density at radius 2 is 2.04 bits per heavy atom. The summed E-state index contributed by atoms with van der Waals surface area (Å²) in [5.74, 6) is 1.41. The van der Waals surface area contributed by atoms with Gasteiger partial charge in [-0.25, -0.2) is 0 Å². The minimum Gasteiger partial charge on any atom is -0.496 e. The van der Waals surface area contributed by atoms with Crippen LogP contribution in [0, 0.1) is 0 Å². The quantitative estimate of drug-likeness (QED) is 0.601. The molecule has 26 heavy (non-hydrogen) atoms. The molecule has 3 aromatic heterocycles. The number of benzene rings is 1. The highest BCUT2D eigenvalue weighted by Crippen LogP contribution is 2.26. The van der Waals surface area contributed by atoms with Crippen molar-refractivity contribution in [1.29, 1.82) is 0 Å². The number of amides is 1. The number of carbonyl (C=O) groups is 1. The van der Waals surface area contributed by atoms with Crippen molar-refractivity contribution in [1.82, 2.24) is 24.5 Å². The molecule has 3 heterocycles. The molecule has 0 bridgehead atoms. The van der Waals surface area contributed by atoms with Gasteiger partial charge in [-0.2, -0.15) is 0 Å². The molecule has 1 atom stereocenters. The zero-order valence-corrected chi connectivity index (χ0v) is 14.6. The number of nitrogens with one attached hydrogen (secondary N) is 1. The number of methoxy groups -OCH3 is 1. The van der Waals surface area contributed by atoms with Crippen LogP contribution >= 0.6 is 0 Å². The first-order chi connectivity index (χ1) is 12.7. The fraction of sp³-hybridized carbons (Fsp3) is 0.211. The normalized spacial score (nSPS) is 12.4. The van der Waals surface area contributed by atoms with Crippen LogP contribution in [-0.2, 0) is 11.3 Å². The van der Waals surface area contributed by atoms with Crippen molar-refractivity contribution in [2.24, 2.45) is 0 Å². The molecule has 4 aromatic rings. The van der Waals surface area contributed by atoms with E-state index in [9.17, 15) is 4.79 Å². The first-order valence-corrected chi connectivity index (χ1v) is 8.38. The third-order valence-corrected chi connectivity index (χ3v) is 4.41. The van der Waals surface area contributed by atoms with E-state index in [1.807, 2.05) is 70.7 Å². The molecule has 1 N–H and O–H groups in total. The van der Waals surface area contributed by atoms with E-state index in [1.165, 1.54) is 0 Å². The minimum absolute atomic E-state index is 0.0921. The summed E-state index contributed by atoms with van der Waals surface area (Å²) in [6.45, 7) is 2.12. The Hall–Kier alpha value is -3.35. The van der Waals surface area contributed by atoms with Gasteiger partial charge in [0.2, 0.25) is 5.91 Å². The topological polar surface area (TPSA) is 73.4 Å². The van der Waals surface area contributed by atoms with Gasteiger partial charge in [-0.3, -0.25) is 9.20 Å². The van der Waals surface area contributed by atoms with Crippen molar-refractivity contribution in [2.75, 3.05) is 7.11 Å². The number of aromatic nitrogens is 4. The summed E-state index contributed by atoms with van der Waals surface area (Å²) in [5.41, 5.74) is 1.71. The monoisotopic (exact) mass is 349 g/mol. The van der Waals surface area contributed by atoms with E-state index >= 15 is 0 Å². The molecule has 4 rings (SSSR count). The zero-order valence-electron chi connectivity index (χ0n) is 14.6. The molecule has 0 saturated carbocycles. The number of hydrogen-bond donors (Lipinski definition) is 1. The maximum atomic E-state index is 12.5. The standard InChI is InChI=1S/C19H19N5O2/c1-13(19-22-21-17-8-3-4-10-24(17)19)20-18(25)12-23-11-9-14-15(23)6-5-7-16(14)26-2/h3-11,13H,12H2,1-2H3,(H,20,25)/t13-/m0/s1. The van der Waals surface area contributed by atoms with Crippen LogP contribution in [0.4, 0.5) is 0 Å². The highest BCUT2D eigenvalue weighted by atomic mass is 16.5. The third-order valence-electron chi connectivity index (χ3n) is 4.41. The van der Waals surface area contributed by atoms with Crippen molar-refractivity contribution >= 4 is 22.5 Å². The predicted molar refractivity (Wildman–Crippen MR) is 98.0 cm³/mol. The molecule has 0 aliphatic heterocycles. The lowest BCUT2D eigenvalue weighted by Gasteiger charge is -2.13. The van der Waals surface area contributed by atoms with Crippen LogP contribution in [-0.4, -0.2) is 32.2 Å². The number of ether oxygens (including phenoxy) is 1. The summed E-state index contributed by atoms with van der Waals surface area (Å²) in [6, 6.07) is 13.2. The Labute approximate surface area is 150 Å². The van der Waals surface area contributed by atoms with E-state index in [4.69, 9.17) is 4.74 Å². The number of pyridine rings is 1. The lowest BCUT2D eigenvalue weighted by Crippen LogP contribution is -2.30. The highest BCUT2D eigenvalue weighted by Gasteiger charge is 2.16. The van der Waals surface area contributed by atoms with Crippen molar-refractivity contribution in [2.45, 2.75) is 19.5 Å². The van der Waals surface area contributed by atoms with Gasteiger partial charge in [0.1, 0.15) is 12.3 Å². The van der Waals surface area contributed by atoms with Crippen LogP contribution in [0.5, 0.6) is 5.75 Å². The molecule has 0 spiro atoms. The summed E-state index contributed by atoms with van der Waals surface area (Å²) in [6.07, 6.45) is 3.78. The maximum Gasteiger partial charge on any atom is 0.240 e. The molecule has 132 valence electrons. The molecular formula is C19H19N5O2. The van der Waals surface area contributed by atoms with E-state index in [1.54, 1.807) is 7.11 Å².